The minimum atomic E-state index is 0.469. The third kappa shape index (κ3) is 2.48. The number of rotatable bonds is 3. The fourth-order valence-electron chi connectivity index (χ4n) is 2.12. The van der Waals surface area contributed by atoms with E-state index in [4.69, 9.17) is 0 Å². The summed E-state index contributed by atoms with van der Waals surface area (Å²) in [6.07, 6.45) is 1.05. The lowest BCUT2D eigenvalue weighted by molar-refractivity contribution is 0.713. The summed E-state index contributed by atoms with van der Waals surface area (Å²) < 4.78 is 1.37. The molecule has 1 aromatic heterocycles. The molecule has 18 heavy (non-hydrogen) atoms. The molecule has 1 aromatic carbocycles. The molecule has 0 radical (unpaired) electrons. The van der Waals surface area contributed by atoms with Gasteiger partial charge in [0.05, 0.1) is 6.54 Å². The second kappa shape index (κ2) is 4.98. The molecule has 1 aliphatic rings. The van der Waals surface area contributed by atoms with Gasteiger partial charge in [-0.15, -0.1) is 11.3 Å². The molecule has 0 spiro atoms. The normalized spacial score (nSPS) is 18.7. The van der Waals surface area contributed by atoms with Gasteiger partial charge in [0.1, 0.15) is 0 Å². The number of aliphatic imine (C=N–C) groups is 1. The van der Waals surface area contributed by atoms with Crippen LogP contribution in [-0.2, 0) is 6.42 Å². The second-order valence-electron chi connectivity index (χ2n) is 4.66. The van der Waals surface area contributed by atoms with Gasteiger partial charge in [0.2, 0.25) is 0 Å². The van der Waals surface area contributed by atoms with Crippen molar-refractivity contribution >= 4 is 27.4 Å². The molecule has 2 N–H and O–H groups in total. The molecule has 1 aliphatic heterocycles. The van der Waals surface area contributed by atoms with Crippen molar-refractivity contribution < 1.29 is 0 Å². The highest BCUT2D eigenvalue weighted by molar-refractivity contribution is 7.19. The minimum Gasteiger partial charge on any atom is -0.356 e. The van der Waals surface area contributed by atoms with Gasteiger partial charge in [-0.3, -0.25) is 4.99 Å². The first-order valence-corrected chi connectivity index (χ1v) is 7.15. The lowest BCUT2D eigenvalue weighted by Crippen LogP contribution is -2.38. The van der Waals surface area contributed by atoms with Crippen LogP contribution in [0.15, 0.2) is 35.3 Å². The molecule has 0 saturated carbocycles. The van der Waals surface area contributed by atoms with Crippen LogP contribution in [-0.4, -0.2) is 25.1 Å². The molecule has 1 unspecified atom stereocenters. The largest absolute Gasteiger partial charge is 0.356 e. The van der Waals surface area contributed by atoms with Gasteiger partial charge in [-0.1, -0.05) is 18.2 Å². The van der Waals surface area contributed by atoms with Crippen LogP contribution in [0.5, 0.6) is 0 Å². The molecule has 94 valence electrons. The molecule has 0 aliphatic carbocycles. The van der Waals surface area contributed by atoms with Crippen LogP contribution < -0.4 is 10.6 Å². The monoisotopic (exact) mass is 259 g/mol. The van der Waals surface area contributed by atoms with Crippen molar-refractivity contribution in [2.75, 3.05) is 13.1 Å². The predicted octanol–water partition coefficient (Wildman–Crippen LogP) is 2.38. The number of hydrogen-bond donors (Lipinski definition) is 2. The molecule has 3 rings (SSSR count). The Morgan fingerprint density at radius 2 is 2.33 bits per heavy atom. The molecule has 0 saturated heterocycles. The quantitative estimate of drug-likeness (QED) is 0.888. The van der Waals surface area contributed by atoms with Gasteiger partial charge in [0.25, 0.3) is 0 Å². The molecule has 3 nitrogen and oxygen atoms in total. The van der Waals surface area contributed by atoms with Crippen molar-refractivity contribution in [3.8, 4) is 0 Å². The van der Waals surface area contributed by atoms with Gasteiger partial charge in [-0.2, -0.15) is 0 Å². The molecular weight excluding hydrogens is 242 g/mol. The predicted molar refractivity (Wildman–Crippen MR) is 78.4 cm³/mol. The van der Waals surface area contributed by atoms with E-state index < -0.39 is 0 Å². The van der Waals surface area contributed by atoms with Crippen LogP contribution in [0.1, 0.15) is 11.8 Å². The van der Waals surface area contributed by atoms with E-state index in [1.807, 2.05) is 11.3 Å². The highest BCUT2D eigenvalue weighted by Crippen LogP contribution is 2.25. The van der Waals surface area contributed by atoms with Crippen molar-refractivity contribution in [2.24, 2.45) is 4.99 Å². The van der Waals surface area contributed by atoms with Crippen molar-refractivity contribution in [3.05, 3.63) is 35.2 Å². The van der Waals surface area contributed by atoms with E-state index in [-0.39, 0.29) is 0 Å². The molecule has 1 atom stereocenters. The fourth-order valence-corrected chi connectivity index (χ4v) is 3.19. The van der Waals surface area contributed by atoms with Gasteiger partial charge in [-0.05, 0) is 30.9 Å². The van der Waals surface area contributed by atoms with E-state index in [9.17, 15) is 0 Å². The molecule has 2 heterocycles. The highest BCUT2D eigenvalue weighted by Gasteiger charge is 2.11. The Bertz CT molecular complexity index is 540. The zero-order valence-corrected chi connectivity index (χ0v) is 11.3. The SMILES string of the molecule is CC1CN=C(NCCc2cc3ccccc3s2)N1. The first kappa shape index (κ1) is 11.5. The van der Waals surface area contributed by atoms with Crippen LogP contribution in [0, 0.1) is 0 Å². The summed E-state index contributed by atoms with van der Waals surface area (Å²) in [5, 5.41) is 8.01. The van der Waals surface area contributed by atoms with E-state index in [0.29, 0.717) is 6.04 Å². The molecule has 0 bridgehead atoms. The Balaban J connectivity index is 1.57. The maximum Gasteiger partial charge on any atom is 0.191 e. The van der Waals surface area contributed by atoms with Crippen LogP contribution in [0.3, 0.4) is 0 Å². The lowest BCUT2D eigenvalue weighted by atomic mass is 10.2. The first-order valence-electron chi connectivity index (χ1n) is 6.33. The summed E-state index contributed by atoms with van der Waals surface area (Å²) in [6.45, 7) is 3.96. The molecular formula is C14H17N3S. The number of thiophene rings is 1. The lowest BCUT2D eigenvalue weighted by Gasteiger charge is -2.07. The number of nitrogens with one attached hydrogen (secondary N) is 2. The summed E-state index contributed by atoms with van der Waals surface area (Å²) >= 11 is 1.88. The maximum absolute atomic E-state index is 4.39. The average molecular weight is 259 g/mol. The molecule has 0 amide bonds. The summed E-state index contributed by atoms with van der Waals surface area (Å²) in [5.41, 5.74) is 0. The molecule has 0 fully saturated rings. The minimum absolute atomic E-state index is 0.469. The van der Waals surface area contributed by atoms with E-state index in [1.165, 1.54) is 15.0 Å². The third-order valence-corrected chi connectivity index (χ3v) is 4.22. The molecule has 2 aromatic rings. The summed E-state index contributed by atoms with van der Waals surface area (Å²) in [4.78, 5) is 5.81. The van der Waals surface area contributed by atoms with Crippen molar-refractivity contribution in [3.63, 3.8) is 0 Å². The van der Waals surface area contributed by atoms with Crippen LogP contribution in [0.4, 0.5) is 0 Å². The summed E-state index contributed by atoms with van der Waals surface area (Å²) in [6, 6.07) is 11.3. The highest BCUT2D eigenvalue weighted by atomic mass is 32.1. The zero-order chi connectivity index (χ0) is 12.4. The molecule has 4 heteroatoms. The smallest absolute Gasteiger partial charge is 0.191 e. The van der Waals surface area contributed by atoms with Crippen molar-refractivity contribution in [1.29, 1.82) is 0 Å². The summed E-state index contributed by atoms with van der Waals surface area (Å²) in [7, 11) is 0. The van der Waals surface area contributed by atoms with E-state index in [2.05, 4.69) is 52.9 Å². The topological polar surface area (TPSA) is 36.4 Å². The van der Waals surface area contributed by atoms with Crippen LogP contribution in [0.25, 0.3) is 10.1 Å². The van der Waals surface area contributed by atoms with Gasteiger partial charge in [0.15, 0.2) is 5.96 Å². The Morgan fingerprint density at radius 3 is 3.11 bits per heavy atom. The van der Waals surface area contributed by atoms with Gasteiger partial charge < -0.3 is 10.6 Å². The second-order valence-corrected chi connectivity index (χ2v) is 5.83. The first-order chi connectivity index (χ1) is 8.81. The van der Waals surface area contributed by atoms with Gasteiger partial charge in [0, 0.05) is 22.2 Å². The van der Waals surface area contributed by atoms with Gasteiger partial charge >= 0.3 is 0 Å². The maximum atomic E-state index is 4.39. The van der Waals surface area contributed by atoms with E-state index >= 15 is 0 Å². The zero-order valence-electron chi connectivity index (χ0n) is 10.4. The Kier molecular flexibility index (Phi) is 3.19. The van der Waals surface area contributed by atoms with Crippen molar-refractivity contribution in [1.82, 2.24) is 10.6 Å². The number of benzene rings is 1. The van der Waals surface area contributed by atoms with Crippen molar-refractivity contribution in [2.45, 2.75) is 19.4 Å². The van der Waals surface area contributed by atoms with Crippen LogP contribution in [0.2, 0.25) is 0 Å². The standard InChI is InChI=1S/C14H17N3S/c1-10-9-16-14(17-10)15-7-6-12-8-11-4-2-3-5-13(11)18-12/h2-5,8,10H,6-7,9H2,1H3,(H2,15,16,17). The summed E-state index contributed by atoms with van der Waals surface area (Å²) in [5.74, 6) is 0.948. The number of fused-ring (bicyclic) bond motifs is 1. The third-order valence-electron chi connectivity index (χ3n) is 3.05. The average Bonchev–Trinajstić information content (AvgIpc) is 2.95. The van der Waals surface area contributed by atoms with Gasteiger partial charge in [-0.25, -0.2) is 0 Å². The fraction of sp³-hybridized carbons (Fsp3) is 0.357. The number of nitrogens with zero attached hydrogens (tertiary/aromatic N) is 1. The Labute approximate surface area is 111 Å². The number of guanidine groups is 1. The van der Waals surface area contributed by atoms with Crippen LogP contribution >= 0.6 is 11.3 Å². The van der Waals surface area contributed by atoms with E-state index in [0.717, 1.165) is 25.5 Å². The Hall–Kier alpha value is -1.55. The number of hydrogen-bond acceptors (Lipinski definition) is 4. The Morgan fingerprint density at radius 1 is 1.44 bits per heavy atom. The van der Waals surface area contributed by atoms with E-state index in [1.54, 1.807) is 0 Å².